The maximum atomic E-state index is 10.2. The highest BCUT2D eigenvalue weighted by Gasteiger charge is 2.12. The Hall–Kier alpha value is -1.40. The van der Waals surface area contributed by atoms with Gasteiger partial charge in [-0.05, 0) is 5.46 Å². The molecule has 1 aromatic rings. The van der Waals surface area contributed by atoms with Crippen molar-refractivity contribution >= 4 is 18.3 Å². The topological polar surface area (TPSA) is 83.6 Å². The van der Waals surface area contributed by atoms with Crippen LogP contribution in [-0.2, 0) is 0 Å². The highest BCUT2D eigenvalue weighted by Crippen LogP contribution is 2.06. The highest BCUT2D eigenvalue weighted by atomic mass is 16.6. The molecule has 0 spiro atoms. The van der Waals surface area contributed by atoms with Crippen molar-refractivity contribution in [1.82, 2.24) is 0 Å². The van der Waals surface area contributed by atoms with E-state index in [9.17, 15) is 10.1 Å². The van der Waals surface area contributed by atoms with Crippen molar-refractivity contribution in [1.29, 1.82) is 0 Å². The largest absolute Gasteiger partial charge is 0.488 e. The second-order valence-corrected chi connectivity index (χ2v) is 2.22. The Labute approximate surface area is 71.5 Å². The second-order valence-electron chi connectivity index (χ2n) is 2.22. The summed E-state index contributed by atoms with van der Waals surface area (Å²) in [7, 11) is -1.58. The van der Waals surface area contributed by atoms with Gasteiger partial charge in [0.05, 0.1) is 4.92 Å². The summed E-state index contributed by atoms with van der Waals surface area (Å²) < 4.78 is 0. The molecule has 12 heavy (non-hydrogen) atoms. The fourth-order valence-electron chi connectivity index (χ4n) is 0.768. The first kappa shape index (κ1) is 8.70. The number of hydrogen-bond acceptors (Lipinski definition) is 4. The second kappa shape index (κ2) is 3.33. The van der Waals surface area contributed by atoms with Crippen molar-refractivity contribution in [3.05, 3.63) is 34.4 Å². The van der Waals surface area contributed by atoms with Crippen LogP contribution in [0.4, 0.5) is 5.69 Å². The summed E-state index contributed by atoms with van der Waals surface area (Å²) in [5.41, 5.74) is 0.167. The normalized spacial score (nSPS) is 9.50. The zero-order chi connectivity index (χ0) is 9.14. The van der Waals surface area contributed by atoms with Gasteiger partial charge in [-0.1, -0.05) is 12.1 Å². The monoisotopic (exact) mass is 171 g/mol. The molecule has 1 aromatic carbocycles. The molecular weight excluding hydrogens is 161 g/mol. The lowest BCUT2D eigenvalue weighted by Crippen LogP contribution is -2.29. The third kappa shape index (κ3) is 1.80. The molecule has 5 nitrogen and oxygen atoms in total. The van der Waals surface area contributed by atoms with E-state index in [-0.39, 0.29) is 14.0 Å². The maximum absolute atomic E-state index is 10.2. The molecule has 0 unspecified atom stereocenters. The van der Waals surface area contributed by atoms with E-state index >= 15 is 0 Å². The number of nitro benzene ring substituents is 1. The summed E-state index contributed by atoms with van der Waals surface area (Å²) in [6.07, 6.45) is 0. The van der Waals surface area contributed by atoms with E-state index in [1.165, 1.54) is 24.3 Å². The summed E-state index contributed by atoms with van der Waals surface area (Å²) in [6.45, 7) is 0. The Morgan fingerprint density at radius 2 is 1.83 bits per heavy atom. The molecule has 0 bridgehead atoms. The lowest BCUT2D eigenvalue weighted by molar-refractivity contribution is -0.384. The standard InChI is InChI=1S/C6H6BNO4.2H2/c9-7(10)5-1-3-6(4-2-5)8(11)12;;/h1-4,9-10H;2*1H. The minimum absolute atomic E-state index is 0. The Morgan fingerprint density at radius 3 is 2.17 bits per heavy atom. The van der Waals surface area contributed by atoms with E-state index < -0.39 is 12.0 Å². The molecule has 2 N–H and O–H groups in total. The van der Waals surface area contributed by atoms with Gasteiger partial charge in [0, 0.05) is 15.0 Å². The van der Waals surface area contributed by atoms with Crippen molar-refractivity contribution in [3.63, 3.8) is 0 Å². The molecule has 66 valence electrons. The first-order valence-corrected chi connectivity index (χ1v) is 3.22. The molecule has 6 heteroatoms. The van der Waals surface area contributed by atoms with Crippen molar-refractivity contribution in [2.75, 3.05) is 0 Å². The average molecular weight is 171 g/mol. The minimum atomic E-state index is -1.58. The molecule has 0 saturated carbocycles. The quantitative estimate of drug-likeness (QED) is 0.365. The fourth-order valence-corrected chi connectivity index (χ4v) is 0.768. The van der Waals surface area contributed by atoms with Crippen molar-refractivity contribution in [2.45, 2.75) is 0 Å². The summed E-state index contributed by atoms with van der Waals surface area (Å²) in [5.74, 6) is 0. The van der Waals surface area contributed by atoms with Gasteiger partial charge in [0.25, 0.3) is 5.69 Å². The molecule has 0 aliphatic carbocycles. The van der Waals surface area contributed by atoms with Crippen LogP contribution in [0.15, 0.2) is 24.3 Å². The smallest absolute Gasteiger partial charge is 0.423 e. The van der Waals surface area contributed by atoms with Crippen LogP contribution in [0.1, 0.15) is 2.85 Å². The van der Waals surface area contributed by atoms with Gasteiger partial charge in [-0.3, -0.25) is 10.1 Å². The van der Waals surface area contributed by atoms with Gasteiger partial charge in [-0.15, -0.1) is 0 Å². The van der Waals surface area contributed by atoms with Crippen LogP contribution in [0.25, 0.3) is 0 Å². The van der Waals surface area contributed by atoms with Crippen LogP contribution < -0.4 is 5.46 Å². The number of benzene rings is 1. The van der Waals surface area contributed by atoms with E-state index in [0.29, 0.717) is 0 Å². The summed E-state index contributed by atoms with van der Waals surface area (Å²) >= 11 is 0. The summed E-state index contributed by atoms with van der Waals surface area (Å²) in [5, 5.41) is 27.4. The molecule has 0 aliphatic rings. The van der Waals surface area contributed by atoms with Gasteiger partial charge < -0.3 is 10.0 Å². The van der Waals surface area contributed by atoms with Gasteiger partial charge in [0.15, 0.2) is 0 Å². The van der Waals surface area contributed by atoms with E-state index in [4.69, 9.17) is 10.0 Å². The van der Waals surface area contributed by atoms with Crippen molar-refractivity contribution in [2.24, 2.45) is 0 Å². The van der Waals surface area contributed by atoms with Gasteiger partial charge in [0.2, 0.25) is 0 Å². The first-order valence-electron chi connectivity index (χ1n) is 3.22. The maximum Gasteiger partial charge on any atom is 0.488 e. The molecule has 0 radical (unpaired) electrons. The van der Waals surface area contributed by atoms with Crippen LogP contribution in [-0.4, -0.2) is 22.1 Å². The van der Waals surface area contributed by atoms with Crippen molar-refractivity contribution < 1.29 is 17.8 Å². The lowest BCUT2D eigenvalue weighted by Gasteiger charge is -1.96. The van der Waals surface area contributed by atoms with Crippen LogP contribution in [0, 0.1) is 10.1 Å². The Kier molecular flexibility index (Phi) is 2.42. The zero-order valence-electron chi connectivity index (χ0n) is 6.04. The Morgan fingerprint density at radius 1 is 1.33 bits per heavy atom. The molecule has 0 heterocycles. The molecule has 0 aromatic heterocycles. The molecule has 1 rings (SSSR count). The predicted molar refractivity (Wildman–Crippen MR) is 47.2 cm³/mol. The summed E-state index contributed by atoms with van der Waals surface area (Å²) in [4.78, 5) is 9.61. The predicted octanol–water partition coefficient (Wildman–Crippen LogP) is -0.233. The summed E-state index contributed by atoms with van der Waals surface area (Å²) in [6, 6.07) is 5.02. The molecular formula is C6H10BNO4. The van der Waals surface area contributed by atoms with Gasteiger partial charge >= 0.3 is 7.12 Å². The number of nitrogens with zero attached hydrogens (tertiary/aromatic N) is 1. The molecule has 0 atom stereocenters. The Bertz CT molecular complexity index is 292. The van der Waals surface area contributed by atoms with Gasteiger partial charge in [-0.2, -0.15) is 0 Å². The average Bonchev–Trinajstić information content (AvgIpc) is 2.04. The zero-order valence-corrected chi connectivity index (χ0v) is 6.04. The van der Waals surface area contributed by atoms with E-state index in [0.717, 1.165) is 0 Å². The number of hydrogen-bond donors (Lipinski definition) is 2. The van der Waals surface area contributed by atoms with E-state index in [1.54, 1.807) is 0 Å². The molecule has 0 saturated heterocycles. The third-order valence-corrected chi connectivity index (χ3v) is 1.40. The van der Waals surface area contributed by atoms with Crippen LogP contribution in [0.5, 0.6) is 0 Å². The highest BCUT2D eigenvalue weighted by molar-refractivity contribution is 6.58. The minimum Gasteiger partial charge on any atom is -0.423 e. The van der Waals surface area contributed by atoms with Crippen LogP contribution >= 0.6 is 0 Å². The van der Waals surface area contributed by atoms with Crippen molar-refractivity contribution in [3.8, 4) is 0 Å². The van der Waals surface area contributed by atoms with E-state index in [2.05, 4.69) is 0 Å². The SMILES string of the molecule is O=[N+]([O-])c1ccc(B(O)O)cc1.[HH].[HH]. The van der Waals surface area contributed by atoms with Gasteiger partial charge in [0.1, 0.15) is 0 Å². The third-order valence-electron chi connectivity index (χ3n) is 1.40. The van der Waals surface area contributed by atoms with Crippen LogP contribution in [0.3, 0.4) is 0 Å². The molecule has 0 fully saturated rings. The number of rotatable bonds is 2. The van der Waals surface area contributed by atoms with Crippen LogP contribution in [0.2, 0.25) is 0 Å². The Balaban J connectivity index is 0. The molecule has 0 aliphatic heterocycles. The molecule has 0 amide bonds. The first-order chi connectivity index (χ1) is 5.61. The number of non-ortho nitro benzene ring substituents is 1. The van der Waals surface area contributed by atoms with E-state index in [1.807, 2.05) is 0 Å². The number of nitro groups is 1. The van der Waals surface area contributed by atoms with Gasteiger partial charge in [-0.25, -0.2) is 0 Å². The fraction of sp³-hybridized carbons (Fsp3) is 0. The lowest BCUT2D eigenvalue weighted by atomic mass is 9.80.